The first-order chi connectivity index (χ1) is 11.7. The number of hydrogen-bond acceptors (Lipinski definition) is 2. The lowest BCUT2D eigenvalue weighted by Gasteiger charge is -2.13. The highest BCUT2D eigenvalue weighted by atomic mass is 32.2. The smallest absolute Gasteiger partial charge is 0.126 e. The molecule has 3 rings (SSSR count). The Kier molecular flexibility index (Phi) is 5.89. The predicted molar refractivity (Wildman–Crippen MR) is 103 cm³/mol. The summed E-state index contributed by atoms with van der Waals surface area (Å²) in [6.45, 7) is 3.02. The maximum atomic E-state index is 13.5. The van der Waals surface area contributed by atoms with Gasteiger partial charge in [0.05, 0.1) is 0 Å². The van der Waals surface area contributed by atoms with Crippen LogP contribution in [0.2, 0.25) is 0 Å². The summed E-state index contributed by atoms with van der Waals surface area (Å²) in [5.41, 5.74) is 2.13. The molecule has 0 saturated carbocycles. The quantitative estimate of drug-likeness (QED) is 0.446. The van der Waals surface area contributed by atoms with Crippen molar-refractivity contribution < 1.29 is 4.39 Å². The summed E-state index contributed by atoms with van der Waals surface area (Å²) >= 11 is 1.71. The van der Waals surface area contributed by atoms with E-state index in [1.807, 2.05) is 12.1 Å². The molecule has 1 atom stereocenters. The van der Waals surface area contributed by atoms with Gasteiger partial charge in [0.25, 0.3) is 0 Å². The van der Waals surface area contributed by atoms with E-state index in [2.05, 4.69) is 54.1 Å². The first kappa shape index (κ1) is 17.0. The second kappa shape index (κ2) is 8.32. The van der Waals surface area contributed by atoms with Crippen molar-refractivity contribution in [2.45, 2.75) is 19.3 Å². The van der Waals surface area contributed by atoms with Gasteiger partial charge in [-0.1, -0.05) is 79.5 Å². The molecular formula is C21H22FNS. The topological polar surface area (TPSA) is 12.0 Å². The van der Waals surface area contributed by atoms with Crippen LogP contribution in [-0.2, 0) is 6.42 Å². The van der Waals surface area contributed by atoms with Crippen LogP contribution in [0.3, 0.4) is 0 Å². The highest BCUT2D eigenvalue weighted by Gasteiger charge is 2.07. The SMILES string of the molecule is CC(CSNCCc1ccccc1F)c1ccc2ccccc2c1. The van der Waals surface area contributed by atoms with Crippen LogP contribution in [0.25, 0.3) is 10.8 Å². The van der Waals surface area contributed by atoms with Crippen molar-refractivity contribution in [1.82, 2.24) is 4.72 Å². The van der Waals surface area contributed by atoms with Gasteiger partial charge in [0.1, 0.15) is 5.82 Å². The number of nitrogens with one attached hydrogen (secondary N) is 1. The molecule has 0 spiro atoms. The van der Waals surface area contributed by atoms with E-state index in [0.717, 1.165) is 17.9 Å². The number of benzene rings is 3. The number of rotatable bonds is 7. The van der Waals surface area contributed by atoms with Crippen molar-refractivity contribution in [3.05, 3.63) is 83.7 Å². The minimum Gasteiger partial charge on any atom is -0.264 e. The van der Waals surface area contributed by atoms with E-state index < -0.39 is 0 Å². The summed E-state index contributed by atoms with van der Waals surface area (Å²) in [6, 6.07) is 22.1. The van der Waals surface area contributed by atoms with Crippen LogP contribution in [0.1, 0.15) is 24.0 Å². The Balaban J connectivity index is 1.46. The largest absolute Gasteiger partial charge is 0.264 e. The lowest BCUT2D eigenvalue weighted by Crippen LogP contribution is -2.12. The van der Waals surface area contributed by atoms with Gasteiger partial charge >= 0.3 is 0 Å². The molecular weight excluding hydrogens is 317 g/mol. The second-order valence-electron chi connectivity index (χ2n) is 6.05. The minimum atomic E-state index is -0.117. The van der Waals surface area contributed by atoms with E-state index in [-0.39, 0.29) is 5.82 Å². The van der Waals surface area contributed by atoms with Crippen molar-refractivity contribution in [2.24, 2.45) is 0 Å². The summed E-state index contributed by atoms with van der Waals surface area (Å²) in [5, 5.41) is 2.57. The van der Waals surface area contributed by atoms with Crippen LogP contribution in [-0.4, -0.2) is 12.3 Å². The Bertz CT molecular complexity index is 802. The van der Waals surface area contributed by atoms with Crippen molar-refractivity contribution >= 4 is 22.7 Å². The molecule has 1 unspecified atom stereocenters. The fourth-order valence-electron chi connectivity index (χ4n) is 2.75. The van der Waals surface area contributed by atoms with Gasteiger partial charge in [0, 0.05) is 12.3 Å². The molecule has 0 aliphatic rings. The zero-order valence-electron chi connectivity index (χ0n) is 13.8. The molecule has 0 fully saturated rings. The molecule has 0 bridgehead atoms. The maximum Gasteiger partial charge on any atom is 0.126 e. The zero-order chi connectivity index (χ0) is 16.8. The van der Waals surface area contributed by atoms with Gasteiger partial charge in [-0.2, -0.15) is 0 Å². The van der Waals surface area contributed by atoms with Gasteiger partial charge in [-0.15, -0.1) is 0 Å². The van der Waals surface area contributed by atoms with E-state index in [1.54, 1.807) is 18.0 Å². The van der Waals surface area contributed by atoms with Crippen LogP contribution in [0.4, 0.5) is 4.39 Å². The average molecular weight is 339 g/mol. The standard InChI is InChI=1S/C21H22FNS/c1-16(19-11-10-17-6-2-3-8-20(17)14-19)15-24-23-13-12-18-7-4-5-9-21(18)22/h2-11,14,16,23H,12-13,15H2,1H3. The van der Waals surface area contributed by atoms with Gasteiger partial charge in [-0.3, -0.25) is 4.72 Å². The maximum absolute atomic E-state index is 13.5. The van der Waals surface area contributed by atoms with Crippen LogP contribution in [0, 0.1) is 5.82 Å². The fraction of sp³-hybridized carbons (Fsp3) is 0.238. The number of halogens is 1. The summed E-state index contributed by atoms with van der Waals surface area (Å²) in [7, 11) is 0. The Morgan fingerprint density at radius 1 is 0.958 bits per heavy atom. The van der Waals surface area contributed by atoms with E-state index in [0.29, 0.717) is 12.3 Å². The van der Waals surface area contributed by atoms with E-state index in [4.69, 9.17) is 0 Å². The fourth-order valence-corrected chi connectivity index (χ4v) is 3.56. The van der Waals surface area contributed by atoms with Crippen molar-refractivity contribution in [1.29, 1.82) is 0 Å². The molecule has 0 amide bonds. The highest BCUT2D eigenvalue weighted by Crippen LogP contribution is 2.23. The Hall–Kier alpha value is -1.84. The molecule has 3 aromatic rings. The molecule has 3 aromatic carbocycles. The van der Waals surface area contributed by atoms with Gasteiger partial charge in [-0.25, -0.2) is 4.39 Å². The van der Waals surface area contributed by atoms with Crippen LogP contribution in [0.15, 0.2) is 66.7 Å². The van der Waals surface area contributed by atoms with E-state index in [1.165, 1.54) is 22.4 Å². The Morgan fingerprint density at radius 2 is 1.71 bits per heavy atom. The summed E-state index contributed by atoms with van der Waals surface area (Å²) in [4.78, 5) is 0. The van der Waals surface area contributed by atoms with E-state index >= 15 is 0 Å². The van der Waals surface area contributed by atoms with Crippen molar-refractivity contribution in [3.8, 4) is 0 Å². The van der Waals surface area contributed by atoms with E-state index in [9.17, 15) is 4.39 Å². The van der Waals surface area contributed by atoms with Crippen LogP contribution >= 0.6 is 11.9 Å². The Labute approximate surface area is 147 Å². The summed E-state index contributed by atoms with van der Waals surface area (Å²) in [5.74, 6) is 1.35. The predicted octanol–water partition coefficient (Wildman–Crippen LogP) is 5.56. The minimum absolute atomic E-state index is 0.117. The van der Waals surface area contributed by atoms with Crippen LogP contribution < -0.4 is 4.72 Å². The van der Waals surface area contributed by atoms with Gasteiger partial charge in [-0.05, 0) is 40.3 Å². The summed E-state index contributed by atoms with van der Waals surface area (Å²) < 4.78 is 16.9. The van der Waals surface area contributed by atoms with Gasteiger partial charge < -0.3 is 0 Å². The number of fused-ring (bicyclic) bond motifs is 1. The lowest BCUT2D eigenvalue weighted by molar-refractivity contribution is 0.608. The molecule has 0 aliphatic carbocycles. The molecule has 24 heavy (non-hydrogen) atoms. The first-order valence-electron chi connectivity index (χ1n) is 8.31. The molecule has 0 radical (unpaired) electrons. The molecule has 0 aromatic heterocycles. The molecule has 1 nitrogen and oxygen atoms in total. The molecule has 3 heteroatoms. The van der Waals surface area contributed by atoms with Gasteiger partial charge in [0.2, 0.25) is 0 Å². The zero-order valence-corrected chi connectivity index (χ0v) is 14.7. The molecule has 1 N–H and O–H groups in total. The normalized spacial score (nSPS) is 12.4. The third-order valence-corrected chi connectivity index (χ3v) is 5.31. The molecule has 0 saturated heterocycles. The highest BCUT2D eigenvalue weighted by molar-refractivity contribution is 7.97. The molecule has 0 aliphatic heterocycles. The third-order valence-electron chi connectivity index (χ3n) is 4.23. The van der Waals surface area contributed by atoms with Gasteiger partial charge in [0.15, 0.2) is 0 Å². The first-order valence-corrected chi connectivity index (χ1v) is 9.29. The Morgan fingerprint density at radius 3 is 2.54 bits per heavy atom. The monoisotopic (exact) mass is 339 g/mol. The summed E-state index contributed by atoms with van der Waals surface area (Å²) in [6.07, 6.45) is 0.712. The lowest BCUT2D eigenvalue weighted by atomic mass is 9.99. The number of hydrogen-bond donors (Lipinski definition) is 1. The molecule has 124 valence electrons. The van der Waals surface area contributed by atoms with Crippen molar-refractivity contribution in [3.63, 3.8) is 0 Å². The second-order valence-corrected chi connectivity index (χ2v) is 6.97. The van der Waals surface area contributed by atoms with Crippen LogP contribution in [0.5, 0.6) is 0 Å². The third kappa shape index (κ3) is 4.37. The van der Waals surface area contributed by atoms with Crippen molar-refractivity contribution in [2.75, 3.05) is 12.3 Å². The molecule has 0 heterocycles. The average Bonchev–Trinajstić information content (AvgIpc) is 2.62.